The number of carbonyl (C=O) groups excluding carboxylic acids is 1. The number of anilines is 1. The van der Waals surface area contributed by atoms with Gasteiger partial charge in [-0.25, -0.2) is 4.98 Å². The van der Waals surface area contributed by atoms with Gasteiger partial charge in [-0.3, -0.25) is 9.78 Å². The molecule has 0 atom stereocenters. The van der Waals surface area contributed by atoms with Crippen molar-refractivity contribution < 1.29 is 4.79 Å². The third-order valence-electron chi connectivity index (χ3n) is 3.96. The van der Waals surface area contributed by atoms with Crippen molar-refractivity contribution in [3.63, 3.8) is 0 Å². The van der Waals surface area contributed by atoms with Gasteiger partial charge in [0.2, 0.25) is 5.91 Å². The summed E-state index contributed by atoms with van der Waals surface area (Å²) < 4.78 is 0. The molecule has 0 saturated carbocycles. The van der Waals surface area contributed by atoms with Crippen LogP contribution in [0.15, 0.2) is 79.1 Å². The summed E-state index contributed by atoms with van der Waals surface area (Å²) in [7, 11) is 0. The van der Waals surface area contributed by atoms with Crippen LogP contribution >= 0.6 is 0 Å². The fourth-order valence-corrected chi connectivity index (χ4v) is 2.70. The van der Waals surface area contributed by atoms with E-state index in [2.05, 4.69) is 20.3 Å². The lowest BCUT2D eigenvalue weighted by atomic mass is 10.1. The number of carbonyl (C=O) groups is 1. The minimum atomic E-state index is -0.203. The molecule has 0 fully saturated rings. The lowest BCUT2D eigenvalue weighted by Gasteiger charge is -2.07. The lowest BCUT2D eigenvalue weighted by molar-refractivity contribution is -0.111. The Hall–Kier alpha value is -3.73. The molecular formula is C21H16N4O. The number of benzene rings is 2. The molecule has 126 valence electrons. The average molecular weight is 340 g/mol. The number of aromatic amines is 1. The van der Waals surface area contributed by atoms with Crippen LogP contribution < -0.4 is 5.32 Å². The minimum Gasteiger partial charge on any atom is -0.338 e. The first-order valence-electron chi connectivity index (χ1n) is 8.23. The summed E-state index contributed by atoms with van der Waals surface area (Å²) in [6.45, 7) is 0. The Labute approximate surface area is 150 Å². The normalized spacial score (nSPS) is 11.1. The molecule has 5 nitrogen and oxygen atoms in total. The highest BCUT2D eigenvalue weighted by molar-refractivity contribution is 6.04. The molecule has 0 aliphatic heterocycles. The Kier molecular flexibility index (Phi) is 4.26. The zero-order valence-electron chi connectivity index (χ0n) is 13.9. The maximum Gasteiger partial charge on any atom is 0.248 e. The van der Waals surface area contributed by atoms with Crippen molar-refractivity contribution in [1.82, 2.24) is 15.0 Å². The average Bonchev–Trinajstić information content (AvgIpc) is 3.12. The number of amides is 1. The van der Waals surface area contributed by atoms with Crippen LogP contribution in [0.5, 0.6) is 0 Å². The largest absolute Gasteiger partial charge is 0.338 e. The first-order chi connectivity index (χ1) is 12.8. The van der Waals surface area contributed by atoms with Gasteiger partial charge in [0.15, 0.2) is 0 Å². The predicted octanol–water partition coefficient (Wildman–Crippen LogP) is 4.28. The van der Waals surface area contributed by atoms with Crippen LogP contribution in [-0.4, -0.2) is 20.9 Å². The number of aromatic nitrogens is 3. The van der Waals surface area contributed by atoms with Gasteiger partial charge < -0.3 is 10.3 Å². The predicted molar refractivity (Wildman–Crippen MR) is 103 cm³/mol. The van der Waals surface area contributed by atoms with Gasteiger partial charge >= 0.3 is 0 Å². The van der Waals surface area contributed by atoms with Crippen molar-refractivity contribution in [1.29, 1.82) is 0 Å². The fraction of sp³-hybridized carbons (Fsp3) is 0. The molecule has 26 heavy (non-hydrogen) atoms. The molecule has 5 heteroatoms. The van der Waals surface area contributed by atoms with Crippen LogP contribution in [0.4, 0.5) is 5.69 Å². The number of fused-ring (bicyclic) bond motifs is 1. The molecule has 0 saturated heterocycles. The number of hydrogen-bond donors (Lipinski definition) is 2. The Morgan fingerprint density at radius 1 is 0.962 bits per heavy atom. The van der Waals surface area contributed by atoms with Crippen LogP contribution in [0.25, 0.3) is 28.5 Å². The number of rotatable bonds is 4. The smallest absolute Gasteiger partial charge is 0.248 e. The quantitative estimate of drug-likeness (QED) is 0.545. The number of hydrogen-bond acceptors (Lipinski definition) is 3. The minimum absolute atomic E-state index is 0.203. The first-order valence-corrected chi connectivity index (χ1v) is 8.23. The topological polar surface area (TPSA) is 70.7 Å². The number of nitrogens with zero attached hydrogens (tertiary/aromatic N) is 2. The van der Waals surface area contributed by atoms with Crippen molar-refractivity contribution >= 4 is 28.7 Å². The second-order valence-electron chi connectivity index (χ2n) is 5.75. The third-order valence-corrected chi connectivity index (χ3v) is 3.96. The maximum absolute atomic E-state index is 12.3. The van der Waals surface area contributed by atoms with Crippen molar-refractivity contribution in [3.05, 3.63) is 84.7 Å². The van der Waals surface area contributed by atoms with Crippen LogP contribution in [0.2, 0.25) is 0 Å². The van der Waals surface area contributed by atoms with E-state index in [9.17, 15) is 4.79 Å². The molecule has 2 heterocycles. The van der Waals surface area contributed by atoms with Crippen molar-refractivity contribution in [2.75, 3.05) is 5.32 Å². The third kappa shape index (κ3) is 3.37. The van der Waals surface area contributed by atoms with Gasteiger partial charge in [0.25, 0.3) is 0 Å². The van der Waals surface area contributed by atoms with Gasteiger partial charge in [-0.2, -0.15) is 0 Å². The van der Waals surface area contributed by atoms with Crippen LogP contribution in [0.3, 0.4) is 0 Å². The highest BCUT2D eigenvalue weighted by Gasteiger charge is 2.10. The highest BCUT2D eigenvalue weighted by atomic mass is 16.1. The van der Waals surface area contributed by atoms with E-state index >= 15 is 0 Å². The number of nitrogens with one attached hydrogen (secondary N) is 2. The second kappa shape index (κ2) is 7.03. The molecule has 2 aromatic heterocycles. The van der Waals surface area contributed by atoms with Gasteiger partial charge in [-0.1, -0.05) is 24.3 Å². The summed E-state index contributed by atoms with van der Waals surface area (Å²) in [5.74, 6) is 0.519. The number of para-hydroxylation sites is 3. The van der Waals surface area contributed by atoms with Gasteiger partial charge in [-0.15, -0.1) is 0 Å². The number of H-pyrrole nitrogens is 1. The van der Waals surface area contributed by atoms with Crippen molar-refractivity contribution in [3.8, 4) is 11.4 Å². The maximum atomic E-state index is 12.3. The SMILES string of the molecule is O=C(/C=C/c1ccncc1)Nc1ccccc1-c1nc2ccccc2[nH]1. The molecule has 0 radical (unpaired) electrons. The molecule has 4 aromatic rings. The van der Waals surface area contributed by atoms with E-state index in [-0.39, 0.29) is 5.91 Å². The summed E-state index contributed by atoms with van der Waals surface area (Å²) in [6.07, 6.45) is 6.63. The highest BCUT2D eigenvalue weighted by Crippen LogP contribution is 2.27. The molecule has 0 spiro atoms. The monoisotopic (exact) mass is 340 g/mol. The molecule has 0 bridgehead atoms. The molecule has 0 aliphatic rings. The van der Waals surface area contributed by atoms with E-state index in [0.29, 0.717) is 5.69 Å². The molecule has 2 aromatic carbocycles. The van der Waals surface area contributed by atoms with E-state index in [4.69, 9.17) is 0 Å². The van der Waals surface area contributed by atoms with Crippen molar-refractivity contribution in [2.24, 2.45) is 0 Å². The lowest BCUT2D eigenvalue weighted by Crippen LogP contribution is -2.08. The van der Waals surface area contributed by atoms with Gasteiger partial charge in [0.05, 0.1) is 16.7 Å². The Morgan fingerprint density at radius 3 is 2.58 bits per heavy atom. The van der Waals surface area contributed by atoms with Gasteiger partial charge in [0, 0.05) is 24.0 Å². The molecule has 4 rings (SSSR count). The summed E-state index contributed by atoms with van der Waals surface area (Å²) >= 11 is 0. The van der Waals surface area contributed by atoms with Crippen LogP contribution in [0.1, 0.15) is 5.56 Å². The van der Waals surface area contributed by atoms with Gasteiger partial charge in [-0.05, 0) is 48.0 Å². The zero-order chi connectivity index (χ0) is 17.8. The number of imidazole rings is 1. The molecule has 2 N–H and O–H groups in total. The van der Waals surface area contributed by atoms with Crippen LogP contribution in [-0.2, 0) is 4.79 Å². The van der Waals surface area contributed by atoms with E-state index in [1.54, 1.807) is 18.5 Å². The van der Waals surface area contributed by atoms with E-state index < -0.39 is 0 Å². The standard InChI is InChI=1S/C21H16N4O/c26-20(10-9-15-11-13-22-14-12-15)23-17-6-2-1-5-16(17)21-24-18-7-3-4-8-19(18)25-21/h1-14H,(H,23,26)(H,24,25)/b10-9+. The van der Waals surface area contributed by atoms with E-state index in [1.807, 2.05) is 60.7 Å². The fourth-order valence-electron chi connectivity index (χ4n) is 2.70. The molecule has 0 aliphatic carbocycles. The summed E-state index contributed by atoms with van der Waals surface area (Å²) in [4.78, 5) is 24.2. The molecule has 0 unspecified atom stereocenters. The van der Waals surface area contributed by atoms with Gasteiger partial charge in [0.1, 0.15) is 5.82 Å². The zero-order valence-corrected chi connectivity index (χ0v) is 13.9. The van der Waals surface area contributed by atoms with Crippen LogP contribution in [0, 0.1) is 0 Å². The Morgan fingerprint density at radius 2 is 1.73 bits per heavy atom. The van der Waals surface area contributed by atoms with Crippen molar-refractivity contribution in [2.45, 2.75) is 0 Å². The Balaban J connectivity index is 1.59. The van der Waals surface area contributed by atoms with E-state index in [1.165, 1.54) is 6.08 Å². The molecule has 1 amide bonds. The summed E-state index contributed by atoms with van der Waals surface area (Å²) in [5, 5.41) is 2.92. The number of pyridine rings is 1. The Bertz CT molecular complexity index is 1050. The second-order valence-corrected chi connectivity index (χ2v) is 5.75. The first kappa shape index (κ1) is 15.8. The summed E-state index contributed by atoms with van der Waals surface area (Å²) in [5.41, 5.74) is 4.31. The summed E-state index contributed by atoms with van der Waals surface area (Å²) in [6, 6.07) is 19.1. The van der Waals surface area contributed by atoms with E-state index in [0.717, 1.165) is 28.0 Å². The molecular weight excluding hydrogens is 324 g/mol.